The molecule has 0 N–H and O–H groups in total. The van der Waals surface area contributed by atoms with E-state index >= 15 is 0 Å². The van der Waals surface area contributed by atoms with Crippen LogP contribution in [0.5, 0.6) is 5.75 Å². The number of halogens is 1. The van der Waals surface area contributed by atoms with Crippen molar-refractivity contribution < 1.29 is 9.13 Å². The summed E-state index contributed by atoms with van der Waals surface area (Å²) in [7, 11) is 3.31. The monoisotopic (exact) mass is 419 g/mol. The Balaban J connectivity index is 2.18. The minimum absolute atomic E-state index is 0.0571. The summed E-state index contributed by atoms with van der Waals surface area (Å²) in [6.07, 6.45) is 4.93. The molecule has 0 aliphatic carbocycles. The lowest BCUT2D eigenvalue weighted by molar-refractivity contribution is 0.415. The third-order valence-corrected chi connectivity index (χ3v) is 5.36. The molecular formula is C25H26FN3O2. The van der Waals surface area contributed by atoms with E-state index in [1.54, 1.807) is 49.1 Å². The molecule has 0 atom stereocenters. The van der Waals surface area contributed by atoms with Crippen molar-refractivity contribution in [3.63, 3.8) is 0 Å². The molecule has 1 aromatic heterocycles. The van der Waals surface area contributed by atoms with Gasteiger partial charge >= 0.3 is 0 Å². The van der Waals surface area contributed by atoms with Gasteiger partial charge in [-0.25, -0.2) is 14.2 Å². The normalized spacial score (nSPS) is 10.7. The molecule has 0 aliphatic heterocycles. The highest BCUT2D eigenvalue weighted by atomic mass is 19.1. The van der Waals surface area contributed by atoms with E-state index in [2.05, 4.69) is 11.8 Å². The fourth-order valence-electron chi connectivity index (χ4n) is 3.55. The van der Waals surface area contributed by atoms with Crippen LogP contribution in [-0.4, -0.2) is 16.7 Å². The lowest BCUT2D eigenvalue weighted by Crippen LogP contribution is -2.25. The van der Waals surface area contributed by atoms with Crippen molar-refractivity contribution in [3.8, 4) is 28.1 Å². The summed E-state index contributed by atoms with van der Waals surface area (Å²) in [6.45, 7) is 9.24. The van der Waals surface area contributed by atoms with Crippen LogP contribution in [0.1, 0.15) is 38.4 Å². The molecule has 0 spiro atoms. The van der Waals surface area contributed by atoms with Crippen molar-refractivity contribution >= 4 is 5.69 Å². The number of aryl methyl sites for hydroxylation is 1. The third-order valence-electron chi connectivity index (χ3n) is 5.36. The Bertz CT molecular complexity index is 1160. The van der Waals surface area contributed by atoms with E-state index in [0.717, 1.165) is 25.7 Å². The van der Waals surface area contributed by atoms with E-state index in [1.165, 1.54) is 12.1 Å². The molecule has 0 saturated heterocycles. The molecule has 0 fully saturated rings. The van der Waals surface area contributed by atoms with Gasteiger partial charge in [0.25, 0.3) is 5.56 Å². The fourth-order valence-corrected chi connectivity index (χ4v) is 3.55. The molecule has 0 radical (unpaired) electrons. The highest BCUT2D eigenvalue weighted by Gasteiger charge is 2.19. The van der Waals surface area contributed by atoms with Gasteiger partial charge in [0, 0.05) is 19.0 Å². The first kappa shape index (κ1) is 22.2. The van der Waals surface area contributed by atoms with E-state index in [1.807, 2.05) is 0 Å². The molecule has 0 amide bonds. The zero-order valence-corrected chi connectivity index (χ0v) is 18.1. The second kappa shape index (κ2) is 10.0. The highest BCUT2D eigenvalue weighted by Crippen LogP contribution is 2.32. The van der Waals surface area contributed by atoms with Crippen molar-refractivity contribution in [2.75, 3.05) is 7.11 Å². The summed E-state index contributed by atoms with van der Waals surface area (Å²) < 4.78 is 21.2. The van der Waals surface area contributed by atoms with Gasteiger partial charge in [-0.3, -0.25) is 9.36 Å². The van der Waals surface area contributed by atoms with E-state index in [9.17, 15) is 9.18 Å². The molecule has 160 valence electrons. The van der Waals surface area contributed by atoms with Gasteiger partial charge in [0.2, 0.25) is 5.69 Å². The first-order valence-corrected chi connectivity index (χ1v) is 10.4. The van der Waals surface area contributed by atoms with Crippen molar-refractivity contribution in [2.45, 2.75) is 39.0 Å². The molecule has 2 aromatic carbocycles. The number of unbranched alkanes of at least 4 members (excludes halogenated alkanes) is 3. The molecule has 0 aliphatic rings. The van der Waals surface area contributed by atoms with E-state index < -0.39 is 5.82 Å². The molecule has 0 unspecified atom stereocenters. The lowest BCUT2D eigenvalue weighted by Gasteiger charge is -2.15. The van der Waals surface area contributed by atoms with Gasteiger partial charge in [-0.15, -0.1) is 0 Å². The smallest absolute Gasteiger partial charge is 0.261 e. The van der Waals surface area contributed by atoms with Crippen molar-refractivity contribution in [2.24, 2.45) is 7.05 Å². The van der Waals surface area contributed by atoms with Crippen LogP contribution in [0.15, 0.2) is 47.3 Å². The Kier molecular flexibility index (Phi) is 7.19. The predicted molar refractivity (Wildman–Crippen MR) is 121 cm³/mol. The molecule has 3 rings (SSSR count). The fraction of sp³-hybridized carbons (Fsp3) is 0.320. The average molecular weight is 420 g/mol. The van der Waals surface area contributed by atoms with Gasteiger partial charge in [-0.05, 0) is 30.2 Å². The standard InChI is InChI=1S/C25H26FN3O2/c1-5-6-7-8-9-22-28-24(18-12-15-21(27-2)20(26)16-18)23(25(30)29(22)3)17-10-13-19(31-4)14-11-17/h10-16H,5-9H2,1,3-4H3. The maximum absolute atomic E-state index is 14.4. The maximum atomic E-state index is 14.4. The Morgan fingerprint density at radius 3 is 2.42 bits per heavy atom. The first-order valence-electron chi connectivity index (χ1n) is 10.4. The van der Waals surface area contributed by atoms with E-state index in [-0.39, 0.29) is 11.2 Å². The SMILES string of the molecule is [C-]#[N+]c1ccc(-c2nc(CCCCCC)n(C)c(=O)c2-c2ccc(OC)cc2)cc1F. The zero-order valence-electron chi connectivity index (χ0n) is 18.1. The summed E-state index contributed by atoms with van der Waals surface area (Å²) in [6, 6.07) is 11.5. The summed E-state index contributed by atoms with van der Waals surface area (Å²) in [5.41, 5.74) is 1.74. The number of nitrogens with zero attached hydrogens (tertiary/aromatic N) is 3. The average Bonchev–Trinajstić information content (AvgIpc) is 2.79. The molecule has 0 bridgehead atoms. The number of aromatic nitrogens is 2. The Labute approximate surface area is 182 Å². The zero-order chi connectivity index (χ0) is 22.4. The summed E-state index contributed by atoms with van der Waals surface area (Å²) in [4.78, 5) is 21.4. The summed E-state index contributed by atoms with van der Waals surface area (Å²) in [5.74, 6) is 0.721. The number of hydrogen-bond donors (Lipinski definition) is 0. The number of rotatable bonds is 8. The topological polar surface area (TPSA) is 48.5 Å². The van der Waals surface area contributed by atoms with Crippen LogP contribution in [0.2, 0.25) is 0 Å². The molecule has 3 aromatic rings. The Morgan fingerprint density at radius 1 is 1.10 bits per heavy atom. The van der Waals surface area contributed by atoms with Crippen LogP contribution in [0, 0.1) is 12.4 Å². The van der Waals surface area contributed by atoms with Crippen molar-refractivity contribution in [1.29, 1.82) is 0 Å². The number of methoxy groups -OCH3 is 1. The van der Waals surface area contributed by atoms with Crippen LogP contribution in [0.4, 0.5) is 10.1 Å². The lowest BCUT2D eigenvalue weighted by atomic mass is 9.99. The Morgan fingerprint density at radius 2 is 1.81 bits per heavy atom. The van der Waals surface area contributed by atoms with Crippen LogP contribution >= 0.6 is 0 Å². The molecule has 1 heterocycles. The van der Waals surface area contributed by atoms with Crippen LogP contribution < -0.4 is 10.3 Å². The second-order valence-corrected chi connectivity index (χ2v) is 7.43. The molecule has 5 nitrogen and oxygen atoms in total. The van der Waals surface area contributed by atoms with Crippen molar-refractivity contribution in [1.82, 2.24) is 9.55 Å². The quantitative estimate of drug-likeness (QED) is 0.336. The molecule has 31 heavy (non-hydrogen) atoms. The number of benzene rings is 2. The molecular weight excluding hydrogens is 393 g/mol. The largest absolute Gasteiger partial charge is 0.497 e. The third kappa shape index (κ3) is 4.83. The van der Waals surface area contributed by atoms with Gasteiger partial charge in [-0.1, -0.05) is 50.5 Å². The summed E-state index contributed by atoms with van der Waals surface area (Å²) >= 11 is 0. The highest BCUT2D eigenvalue weighted by molar-refractivity contribution is 5.81. The van der Waals surface area contributed by atoms with E-state index in [0.29, 0.717) is 40.4 Å². The maximum Gasteiger partial charge on any atom is 0.261 e. The number of hydrogen-bond acceptors (Lipinski definition) is 3. The predicted octanol–water partition coefficient (Wildman–Crippen LogP) is 5.94. The molecule has 0 saturated carbocycles. The van der Waals surface area contributed by atoms with Crippen molar-refractivity contribution in [3.05, 3.63) is 75.9 Å². The van der Waals surface area contributed by atoms with E-state index in [4.69, 9.17) is 16.3 Å². The molecule has 6 heteroatoms. The van der Waals surface area contributed by atoms with Gasteiger partial charge in [-0.2, -0.15) is 0 Å². The summed E-state index contributed by atoms with van der Waals surface area (Å²) in [5, 5.41) is 0. The minimum Gasteiger partial charge on any atom is -0.497 e. The van der Waals surface area contributed by atoms with Crippen LogP contribution in [0.25, 0.3) is 27.2 Å². The van der Waals surface area contributed by atoms with Gasteiger partial charge < -0.3 is 4.74 Å². The minimum atomic E-state index is -0.625. The first-order chi connectivity index (χ1) is 15.0. The van der Waals surface area contributed by atoms with Crippen LogP contribution in [0.3, 0.4) is 0 Å². The Hall–Kier alpha value is -3.46. The number of ether oxygens (including phenoxy) is 1. The van der Waals surface area contributed by atoms with Gasteiger partial charge in [0.1, 0.15) is 17.4 Å². The van der Waals surface area contributed by atoms with Gasteiger partial charge in [0.05, 0.1) is 24.9 Å². The van der Waals surface area contributed by atoms with Crippen LogP contribution in [-0.2, 0) is 13.5 Å². The second-order valence-electron chi connectivity index (χ2n) is 7.43. The van der Waals surface area contributed by atoms with Gasteiger partial charge in [0.15, 0.2) is 0 Å².